The molecule has 2 amide bonds. The van der Waals surface area contributed by atoms with Crippen LogP contribution in [-0.4, -0.2) is 28.9 Å². The van der Waals surface area contributed by atoms with Gasteiger partial charge in [0.15, 0.2) is 0 Å². The predicted molar refractivity (Wildman–Crippen MR) is 244 cm³/mol. The molecule has 0 bridgehead atoms. The Balaban J connectivity index is 1.05. The van der Waals surface area contributed by atoms with Crippen LogP contribution in [0, 0.1) is 13.8 Å². The Labute approximate surface area is 354 Å². The summed E-state index contributed by atoms with van der Waals surface area (Å²) in [5.74, 6) is 0.0610. The van der Waals surface area contributed by atoms with Gasteiger partial charge in [-0.15, -0.1) is 0 Å². The quantitative estimate of drug-likeness (QED) is 0.0782. The standard InChI is InChI=1S/C51H46N6O4/c1-31-20-23-38(56-46-18-10-26-53-51(46)61-4)30-43(31)48(58)54-33(3)39-15-8-13-36-27-34(21-24-41(36)39)28-47(42-16-7-12-35-11-5-6-14-40(35)42)57-49(59)44-29-37(22-19-32(44)2)55-45-17-9-25-52-50(45)60/h5-27,29-30,33,47,55-56H,28H2,1-4H3,(H,52,60)(H,54,58)(H,57,59)/t33-,47-/m1/s1. The lowest BCUT2D eigenvalue weighted by Crippen LogP contribution is -2.30. The molecule has 8 aromatic rings. The number of anilines is 4. The molecule has 0 fully saturated rings. The molecule has 61 heavy (non-hydrogen) atoms. The minimum Gasteiger partial charge on any atom is -0.480 e. The second-order valence-electron chi connectivity index (χ2n) is 15.2. The summed E-state index contributed by atoms with van der Waals surface area (Å²) in [7, 11) is 1.57. The van der Waals surface area contributed by atoms with E-state index in [1.54, 1.807) is 37.7 Å². The average molecular weight is 807 g/mol. The Morgan fingerprint density at radius 3 is 2.03 bits per heavy atom. The number of methoxy groups -OCH3 is 1. The lowest BCUT2D eigenvalue weighted by atomic mass is 9.91. The number of fused-ring (bicyclic) bond motifs is 2. The van der Waals surface area contributed by atoms with E-state index in [2.05, 4.69) is 79.8 Å². The normalized spacial score (nSPS) is 12.1. The Hall–Kier alpha value is -7.72. The third kappa shape index (κ3) is 8.84. The van der Waals surface area contributed by atoms with Crippen LogP contribution in [-0.2, 0) is 6.42 Å². The maximum atomic E-state index is 14.3. The average Bonchev–Trinajstić information content (AvgIpc) is 3.27. The second-order valence-corrected chi connectivity index (χ2v) is 15.2. The molecule has 5 N–H and O–H groups in total. The van der Waals surface area contributed by atoms with Gasteiger partial charge in [0, 0.05) is 34.9 Å². The van der Waals surface area contributed by atoms with Crippen molar-refractivity contribution in [3.05, 3.63) is 201 Å². The van der Waals surface area contributed by atoms with E-state index in [1.807, 2.05) is 93.6 Å². The lowest BCUT2D eigenvalue weighted by molar-refractivity contribution is 0.0929. The van der Waals surface area contributed by atoms with E-state index < -0.39 is 0 Å². The third-order valence-electron chi connectivity index (χ3n) is 11.0. The number of aryl methyl sites for hydroxylation is 2. The summed E-state index contributed by atoms with van der Waals surface area (Å²) in [5.41, 5.74) is 7.99. The number of aromatic amines is 1. The molecule has 0 spiro atoms. The number of carbonyl (C=O) groups is 2. The van der Waals surface area contributed by atoms with Crippen LogP contribution in [0.5, 0.6) is 5.88 Å². The first-order valence-corrected chi connectivity index (χ1v) is 20.2. The van der Waals surface area contributed by atoms with E-state index in [0.29, 0.717) is 40.5 Å². The smallest absolute Gasteiger partial charge is 0.271 e. The first kappa shape index (κ1) is 40.1. The molecule has 10 nitrogen and oxygen atoms in total. The number of carbonyl (C=O) groups excluding carboxylic acids is 2. The van der Waals surface area contributed by atoms with Gasteiger partial charge in [0.2, 0.25) is 5.88 Å². The zero-order valence-corrected chi connectivity index (χ0v) is 34.4. The zero-order chi connectivity index (χ0) is 42.5. The van der Waals surface area contributed by atoms with Gasteiger partial charge in [0.25, 0.3) is 17.4 Å². The summed E-state index contributed by atoms with van der Waals surface area (Å²) < 4.78 is 5.40. The monoisotopic (exact) mass is 806 g/mol. The van der Waals surface area contributed by atoms with Crippen LogP contribution in [0.4, 0.5) is 22.7 Å². The molecule has 0 saturated heterocycles. The largest absolute Gasteiger partial charge is 0.480 e. The van der Waals surface area contributed by atoms with E-state index in [9.17, 15) is 14.4 Å². The van der Waals surface area contributed by atoms with E-state index in [-0.39, 0.29) is 29.5 Å². The highest BCUT2D eigenvalue weighted by molar-refractivity contribution is 5.99. The van der Waals surface area contributed by atoms with Crippen molar-refractivity contribution in [2.75, 3.05) is 17.7 Å². The van der Waals surface area contributed by atoms with Crippen molar-refractivity contribution < 1.29 is 14.3 Å². The third-order valence-corrected chi connectivity index (χ3v) is 11.0. The van der Waals surface area contributed by atoms with Gasteiger partial charge in [0.1, 0.15) is 11.4 Å². The van der Waals surface area contributed by atoms with Gasteiger partial charge in [0.05, 0.1) is 19.2 Å². The van der Waals surface area contributed by atoms with Crippen LogP contribution in [0.2, 0.25) is 0 Å². The Bertz CT molecular complexity index is 2970. The highest BCUT2D eigenvalue weighted by atomic mass is 16.5. The summed E-state index contributed by atoms with van der Waals surface area (Å²) in [5, 5.41) is 17.3. The molecule has 0 saturated carbocycles. The minimum absolute atomic E-state index is 0.181. The molecule has 0 aliphatic carbocycles. The van der Waals surface area contributed by atoms with Crippen molar-refractivity contribution in [1.29, 1.82) is 0 Å². The van der Waals surface area contributed by atoms with Crippen molar-refractivity contribution in [2.45, 2.75) is 39.3 Å². The summed E-state index contributed by atoms with van der Waals surface area (Å²) in [6, 6.07) is 44.5. The highest BCUT2D eigenvalue weighted by Gasteiger charge is 2.22. The molecule has 2 atom stereocenters. The molecule has 0 radical (unpaired) electrons. The maximum absolute atomic E-state index is 14.3. The van der Waals surface area contributed by atoms with E-state index >= 15 is 0 Å². The fraction of sp³-hybridized carbons (Fsp3) is 0.137. The van der Waals surface area contributed by atoms with Gasteiger partial charge < -0.3 is 31.0 Å². The highest BCUT2D eigenvalue weighted by Crippen LogP contribution is 2.32. The zero-order valence-electron chi connectivity index (χ0n) is 34.4. The molecule has 0 aliphatic rings. The molecule has 8 rings (SSSR count). The summed E-state index contributed by atoms with van der Waals surface area (Å²) in [6.45, 7) is 5.82. The number of H-pyrrole nitrogens is 1. The number of nitrogens with zero attached hydrogens (tertiary/aromatic N) is 1. The number of benzene rings is 6. The number of hydrogen-bond donors (Lipinski definition) is 5. The number of nitrogens with one attached hydrogen (secondary N) is 5. The van der Waals surface area contributed by atoms with Gasteiger partial charge in [-0.3, -0.25) is 14.4 Å². The number of rotatable bonds is 13. The fourth-order valence-corrected chi connectivity index (χ4v) is 7.85. The molecule has 6 aromatic carbocycles. The molecule has 2 aromatic heterocycles. The van der Waals surface area contributed by atoms with Crippen molar-refractivity contribution in [3.63, 3.8) is 0 Å². The molecular weight excluding hydrogens is 761 g/mol. The van der Waals surface area contributed by atoms with Crippen LogP contribution < -0.4 is 31.6 Å². The minimum atomic E-state index is -0.377. The van der Waals surface area contributed by atoms with Crippen molar-refractivity contribution in [2.24, 2.45) is 0 Å². The van der Waals surface area contributed by atoms with Crippen molar-refractivity contribution in [1.82, 2.24) is 20.6 Å². The lowest BCUT2D eigenvalue weighted by Gasteiger charge is -2.23. The Kier molecular flexibility index (Phi) is 11.6. The van der Waals surface area contributed by atoms with Crippen LogP contribution in [0.15, 0.2) is 157 Å². The summed E-state index contributed by atoms with van der Waals surface area (Å²) in [4.78, 5) is 47.4. The first-order chi connectivity index (χ1) is 29.6. The van der Waals surface area contributed by atoms with Gasteiger partial charge >= 0.3 is 0 Å². The van der Waals surface area contributed by atoms with Gasteiger partial charge in [-0.05, 0) is 125 Å². The van der Waals surface area contributed by atoms with Gasteiger partial charge in [-0.2, -0.15) is 0 Å². The maximum Gasteiger partial charge on any atom is 0.271 e. The number of amides is 2. The van der Waals surface area contributed by atoms with Gasteiger partial charge in [-0.1, -0.05) is 91.0 Å². The van der Waals surface area contributed by atoms with E-state index in [0.717, 1.165) is 55.0 Å². The summed E-state index contributed by atoms with van der Waals surface area (Å²) >= 11 is 0. The second kappa shape index (κ2) is 17.6. The predicted octanol–water partition coefficient (Wildman–Crippen LogP) is 10.4. The molecule has 10 heteroatoms. The van der Waals surface area contributed by atoms with E-state index in [4.69, 9.17) is 4.74 Å². The first-order valence-electron chi connectivity index (χ1n) is 20.2. The molecule has 2 heterocycles. The number of aromatic nitrogens is 2. The fourth-order valence-electron chi connectivity index (χ4n) is 7.85. The molecular formula is C51H46N6O4. The Morgan fingerprint density at radius 2 is 1.30 bits per heavy atom. The van der Waals surface area contributed by atoms with Crippen molar-refractivity contribution in [3.8, 4) is 5.88 Å². The SMILES string of the molecule is COc1ncccc1Nc1ccc(C)c(C(=O)N[C@H](C)c2cccc3cc(C[C@@H](NC(=O)c4cc(Nc5ccc[nH]c5=O)ccc4C)c4cccc5ccccc45)ccc23)c1. The number of ether oxygens (including phenoxy) is 1. The van der Waals surface area contributed by atoms with Crippen LogP contribution in [0.3, 0.4) is 0 Å². The summed E-state index contributed by atoms with van der Waals surface area (Å²) in [6.07, 6.45) is 3.77. The number of pyridine rings is 2. The number of hydrogen-bond acceptors (Lipinski definition) is 7. The molecule has 0 unspecified atom stereocenters. The molecule has 0 aliphatic heterocycles. The van der Waals surface area contributed by atoms with Gasteiger partial charge in [-0.25, -0.2) is 4.98 Å². The van der Waals surface area contributed by atoms with E-state index in [1.165, 1.54) is 0 Å². The van der Waals surface area contributed by atoms with Crippen molar-refractivity contribution >= 4 is 56.1 Å². The topological polar surface area (TPSA) is 137 Å². The van der Waals surface area contributed by atoms with Crippen LogP contribution in [0.1, 0.15) is 67.5 Å². The molecule has 304 valence electrons. The van der Waals surface area contributed by atoms with Crippen LogP contribution >= 0.6 is 0 Å². The van der Waals surface area contributed by atoms with Crippen LogP contribution in [0.25, 0.3) is 21.5 Å². The Morgan fingerprint density at radius 1 is 0.656 bits per heavy atom.